The maximum Gasteiger partial charge on any atom is 0.300 e. The van der Waals surface area contributed by atoms with Crippen LogP contribution in [-0.4, -0.2) is 58.0 Å². The average Bonchev–Trinajstić information content (AvgIpc) is 2.46. The Balaban J connectivity index is 2.03. The third-order valence-corrected chi connectivity index (χ3v) is 3.56. The molecule has 1 aromatic heterocycles. The third-order valence-electron chi connectivity index (χ3n) is 3.56. The number of ether oxygens (including phenoxy) is 2. The zero-order valence-electron chi connectivity index (χ0n) is 11.0. The van der Waals surface area contributed by atoms with Gasteiger partial charge in [-0.1, -0.05) is 0 Å². The summed E-state index contributed by atoms with van der Waals surface area (Å²) in [7, 11) is 2.95. The molecule has 0 radical (unpaired) electrons. The van der Waals surface area contributed by atoms with Crippen molar-refractivity contribution in [2.45, 2.75) is 24.5 Å². The van der Waals surface area contributed by atoms with Crippen LogP contribution in [0.3, 0.4) is 0 Å². The number of methoxy groups -OCH3 is 1. The molecule has 110 valence electrons. The summed E-state index contributed by atoms with van der Waals surface area (Å²) in [6, 6.07) is -0.466. The molecule has 3 heterocycles. The largest absolute Gasteiger partial charge is 0.468 e. The Morgan fingerprint density at radius 3 is 2.90 bits per heavy atom. The number of rotatable bonds is 1. The van der Waals surface area contributed by atoms with E-state index in [4.69, 9.17) is 9.47 Å². The Bertz CT molecular complexity index is 589. The highest BCUT2D eigenvalue weighted by molar-refractivity contribution is 5.67. The molecule has 0 unspecified atom stereocenters. The minimum absolute atomic E-state index is 0.00826. The van der Waals surface area contributed by atoms with Crippen molar-refractivity contribution in [2.24, 2.45) is 7.05 Å². The zero-order chi connectivity index (χ0) is 14.4. The van der Waals surface area contributed by atoms with Gasteiger partial charge in [-0.3, -0.25) is 9.36 Å². The number of hydrogen-bond donors (Lipinski definition) is 4. The highest BCUT2D eigenvalue weighted by Crippen LogP contribution is 2.29. The molecule has 1 aromatic rings. The molecule has 2 aliphatic rings. The molecule has 4 N–H and O–H groups in total. The van der Waals surface area contributed by atoms with Crippen molar-refractivity contribution in [3.8, 4) is 6.01 Å². The zero-order valence-corrected chi connectivity index (χ0v) is 11.0. The maximum absolute atomic E-state index is 12.2. The second-order valence-electron chi connectivity index (χ2n) is 4.81. The fourth-order valence-corrected chi connectivity index (χ4v) is 2.42. The smallest absolute Gasteiger partial charge is 0.300 e. The number of aliphatic hydroxyl groups is 2. The molecular formula is C11H16N4O5. The van der Waals surface area contributed by atoms with E-state index in [1.165, 1.54) is 18.7 Å². The summed E-state index contributed by atoms with van der Waals surface area (Å²) in [5, 5.41) is 25.4. The van der Waals surface area contributed by atoms with Gasteiger partial charge in [-0.2, -0.15) is 4.98 Å². The van der Waals surface area contributed by atoms with Crippen LogP contribution in [0.15, 0.2) is 4.79 Å². The van der Waals surface area contributed by atoms with Crippen molar-refractivity contribution in [3.05, 3.63) is 10.4 Å². The highest BCUT2D eigenvalue weighted by atomic mass is 16.5. The number of nitrogens with one attached hydrogen (secondary N) is 2. The van der Waals surface area contributed by atoms with Crippen LogP contribution in [0.1, 0.15) is 0 Å². The molecule has 2 aliphatic heterocycles. The monoisotopic (exact) mass is 284 g/mol. The summed E-state index contributed by atoms with van der Waals surface area (Å²) in [6.45, 7) is 0.00826. The van der Waals surface area contributed by atoms with Crippen LogP contribution < -0.4 is 20.9 Å². The van der Waals surface area contributed by atoms with Crippen LogP contribution in [0.4, 0.5) is 11.5 Å². The highest BCUT2D eigenvalue weighted by Gasteiger charge is 2.43. The molecule has 0 amide bonds. The van der Waals surface area contributed by atoms with E-state index in [0.29, 0.717) is 5.82 Å². The van der Waals surface area contributed by atoms with Gasteiger partial charge in [0.15, 0.2) is 12.0 Å². The van der Waals surface area contributed by atoms with E-state index in [-0.39, 0.29) is 23.9 Å². The van der Waals surface area contributed by atoms with Gasteiger partial charge >= 0.3 is 6.01 Å². The Morgan fingerprint density at radius 2 is 2.20 bits per heavy atom. The molecule has 0 aromatic carbocycles. The van der Waals surface area contributed by atoms with Crippen molar-refractivity contribution in [1.82, 2.24) is 9.55 Å². The van der Waals surface area contributed by atoms with E-state index in [0.717, 1.165) is 0 Å². The Labute approximate surface area is 114 Å². The first-order chi connectivity index (χ1) is 9.52. The summed E-state index contributed by atoms with van der Waals surface area (Å²) < 4.78 is 11.7. The third kappa shape index (κ3) is 1.82. The van der Waals surface area contributed by atoms with Gasteiger partial charge in [0.1, 0.15) is 17.9 Å². The predicted octanol–water partition coefficient (Wildman–Crippen LogP) is -1.93. The quantitative estimate of drug-likeness (QED) is 0.471. The lowest BCUT2D eigenvalue weighted by atomic mass is 9.99. The number of fused-ring (bicyclic) bond motifs is 2. The van der Waals surface area contributed by atoms with Crippen LogP contribution in [0.5, 0.6) is 6.01 Å². The van der Waals surface area contributed by atoms with E-state index in [2.05, 4.69) is 15.6 Å². The normalized spacial score (nSPS) is 31.6. The van der Waals surface area contributed by atoms with Gasteiger partial charge in [0.25, 0.3) is 5.56 Å². The Kier molecular flexibility index (Phi) is 3.04. The van der Waals surface area contributed by atoms with Crippen molar-refractivity contribution in [3.63, 3.8) is 0 Å². The number of hydrogen-bond acceptors (Lipinski definition) is 8. The van der Waals surface area contributed by atoms with Crippen molar-refractivity contribution >= 4 is 11.5 Å². The van der Waals surface area contributed by atoms with Crippen LogP contribution in [0, 0.1) is 0 Å². The molecule has 0 spiro atoms. The minimum Gasteiger partial charge on any atom is -0.468 e. The predicted molar refractivity (Wildman–Crippen MR) is 68.8 cm³/mol. The molecule has 0 aliphatic carbocycles. The van der Waals surface area contributed by atoms with Crippen LogP contribution in [0.25, 0.3) is 0 Å². The van der Waals surface area contributed by atoms with Crippen molar-refractivity contribution in [1.29, 1.82) is 0 Å². The molecular weight excluding hydrogens is 268 g/mol. The fraction of sp³-hybridized carbons (Fsp3) is 0.636. The number of nitrogens with zero attached hydrogens (tertiary/aromatic N) is 2. The first-order valence-electron chi connectivity index (χ1n) is 6.18. The molecule has 20 heavy (non-hydrogen) atoms. The van der Waals surface area contributed by atoms with E-state index < -0.39 is 24.5 Å². The first kappa shape index (κ1) is 13.2. The first-order valence-corrected chi connectivity index (χ1v) is 6.18. The summed E-state index contributed by atoms with van der Waals surface area (Å²) in [4.78, 5) is 16.4. The number of anilines is 2. The SMILES string of the molecule is COc1nc2c(c(=O)n1C)N[C@H]1[C@H](O)[C@H](O)CO[C@H]1N2. The van der Waals surface area contributed by atoms with Gasteiger partial charge in [0.2, 0.25) is 0 Å². The average molecular weight is 284 g/mol. The van der Waals surface area contributed by atoms with E-state index in [1.807, 2.05) is 0 Å². The molecule has 9 nitrogen and oxygen atoms in total. The van der Waals surface area contributed by atoms with Gasteiger partial charge in [0, 0.05) is 7.05 Å². The van der Waals surface area contributed by atoms with Gasteiger partial charge in [0.05, 0.1) is 19.8 Å². The number of aliphatic hydroxyl groups excluding tert-OH is 2. The lowest BCUT2D eigenvalue weighted by Crippen LogP contribution is -2.61. The van der Waals surface area contributed by atoms with Gasteiger partial charge in [-0.25, -0.2) is 0 Å². The lowest BCUT2D eigenvalue weighted by molar-refractivity contribution is -0.121. The van der Waals surface area contributed by atoms with Crippen LogP contribution in [0.2, 0.25) is 0 Å². The minimum atomic E-state index is -1.04. The molecule has 1 fully saturated rings. The Hall–Kier alpha value is -1.84. The topological polar surface area (TPSA) is 118 Å². The van der Waals surface area contributed by atoms with E-state index in [1.54, 1.807) is 0 Å². The second-order valence-corrected chi connectivity index (χ2v) is 4.81. The second kappa shape index (κ2) is 4.62. The summed E-state index contributed by atoms with van der Waals surface area (Å²) in [5.41, 5.74) is -0.128. The van der Waals surface area contributed by atoms with Gasteiger partial charge < -0.3 is 30.3 Å². The molecule has 3 rings (SSSR count). The van der Waals surface area contributed by atoms with E-state index >= 15 is 0 Å². The van der Waals surface area contributed by atoms with Crippen LogP contribution in [-0.2, 0) is 11.8 Å². The van der Waals surface area contributed by atoms with Crippen molar-refractivity contribution < 1.29 is 19.7 Å². The van der Waals surface area contributed by atoms with Crippen molar-refractivity contribution in [2.75, 3.05) is 24.4 Å². The summed E-state index contributed by atoms with van der Waals surface area (Å²) >= 11 is 0. The van der Waals surface area contributed by atoms with Gasteiger partial charge in [-0.05, 0) is 0 Å². The van der Waals surface area contributed by atoms with Crippen LogP contribution >= 0.6 is 0 Å². The standard InChI is InChI=1S/C11H16N4O5/c1-15-10(18)6-8(14-11(15)19-2)13-9-5(12-6)7(17)4(16)3-20-9/h4-5,7,9,12-13,16-17H,3H2,1-2H3/t4-,5+,7-,9-/m1/s1. The summed E-state index contributed by atoms with van der Waals surface area (Å²) in [5.74, 6) is 0.301. The maximum atomic E-state index is 12.2. The molecule has 0 saturated carbocycles. The molecule has 0 bridgehead atoms. The van der Waals surface area contributed by atoms with Gasteiger partial charge in [-0.15, -0.1) is 0 Å². The van der Waals surface area contributed by atoms with E-state index in [9.17, 15) is 15.0 Å². The molecule has 1 saturated heterocycles. The molecule has 9 heteroatoms. The molecule has 4 atom stereocenters. The number of aromatic nitrogens is 2. The summed E-state index contributed by atoms with van der Waals surface area (Å²) in [6.07, 6.45) is -2.62. The lowest BCUT2D eigenvalue weighted by Gasteiger charge is -2.42. The fourth-order valence-electron chi connectivity index (χ4n) is 2.42. The Morgan fingerprint density at radius 1 is 1.45 bits per heavy atom.